The van der Waals surface area contributed by atoms with Crippen molar-refractivity contribution in [1.82, 2.24) is 4.90 Å². The Kier molecular flexibility index (Phi) is 11.1. The number of carboxylic acid groups (broad SMARTS) is 1. The number of ether oxygens (including phenoxy) is 4. The van der Waals surface area contributed by atoms with Gasteiger partial charge in [-0.05, 0) is 85.3 Å². The molecule has 0 spiro atoms. The van der Waals surface area contributed by atoms with E-state index in [2.05, 4.69) is 4.90 Å². The molecule has 3 saturated heterocycles. The number of benzene rings is 3. The van der Waals surface area contributed by atoms with Gasteiger partial charge in [0.25, 0.3) is 0 Å². The molecular formula is C38H39Cl2N3O8. The topological polar surface area (TPSA) is 125 Å². The number of anilines is 1. The molecule has 3 fully saturated rings. The molecule has 51 heavy (non-hydrogen) atoms. The predicted octanol–water partition coefficient (Wildman–Crippen LogP) is 6.96. The normalized spacial score (nSPS) is 18.5. The third kappa shape index (κ3) is 7.80. The van der Waals surface area contributed by atoms with Crippen LogP contribution in [-0.2, 0) is 17.7 Å². The van der Waals surface area contributed by atoms with Gasteiger partial charge < -0.3 is 29.3 Å². The van der Waals surface area contributed by atoms with Crippen LogP contribution in [0.5, 0.6) is 17.2 Å². The van der Waals surface area contributed by atoms with E-state index in [1.54, 1.807) is 36.4 Å². The highest BCUT2D eigenvalue weighted by molar-refractivity contribution is 6.35. The van der Waals surface area contributed by atoms with Crippen LogP contribution >= 0.6 is 23.2 Å². The monoisotopic (exact) mass is 735 g/mol. The number of hydrogen-bond acceptors (Lipinski definition) is 8. The second-order valence-corrected chi connectivity index (χ2v) is 13.5. The maximum Gasteiger partial charge on any atom is 0.415 e. The molecule has 7 rings (SSSR count). The van der Waals surface area contributed by atoms with Crippen LogP contribution in [0.15, 0.2) is 73.1 Å². The Labute approximate surface area is 306 Å². The number of carbonyl (C=O) groups excluding carboxylic acids is 1. The molecular weight excluding hydrogens is 697 g/mol. The molecule has 3 aliphatic rings. The van der Waals surface area contributed by atoms with Crippen LogP contribution in [0.1, 0.15) is 51.4 Å². The number of methoxy groups -OCH3 is 3. The summed E-state index contributed by atoms with van der Waals surface area (Å²) in [5.74, 6) is -0.0782. The van der Waals surface area contributed by atoms with Crippen molar-refractivity contribution in [2.75, 3.05) is 45.9 Å². The first-order valence-corrected chi connectivity index (χ1v) is 17.3. The van der Waals surface area contributed by atoms with E-state index in [1.807, 2.05) is 18.2 Å². The van der Waals surface area contributed by atoms with Crippen molar-refractivity contribution in [3.05, 3.63) is 116 Å². The minimum Gasteiger partial charge on any atom is -0.619 e. The maximum absolute atomic E-state index is 14.1. The SMILES string of the molecule is COc1ccc([C@H](Cc2c(Cl)c[n+]([O-])cc2Cl)c2cc(CN(C(=O)O[C@H]3CN4CCC3CC4)c3ccccc3OC)ccc2C(=O)O)cc1OC. The maximum atomic E-state index is 14.1. The van der Waals surface area contributed by atoms with Crippen molar-refractivity contribution in [1.29, 1.82) is 0 Å². The third-order valence-corrected chi connectivity index (χ3v) is 10.4. The van der Waals surface area contributed by atoms with Crippen molar-refractivity contribution in [2.24, 2.45) is 5.92 Å². The summed E-state index contributed by atoms with van der Waals surface area (Å²) in [4.78, 5) is 30.7. The molecule has 4 aromatic rings. The quantitative estimate of drug-likeness (QED) is 0.121. The summed E-state index contributed by atoms with van der Waals surface area (Å²) in [7, 11) is 4.58. The second kappa shape index (κ2) is 15.7. The van der Waals surface area contributed by atoms with Crippen LogP contribution < -0.4 is 23.8 Å². The lowest BCUT2D eigenvalue weighted by molar-refractivity contribution is -0.605. The second-order valence-electron chi connectivity index (χ2n) is 12.7. The molecule has 0 radical (unpaired) electrons. The van der Waals surface area contributed by atoms with E-state index in [1.165, 1.54) is 44.7 Å². The summed E-state index contributed by atoms with van der Waals surface area (Å²) >= 11 is 13.1. The van der Waals surface area contributed by atoms with Gasteiger partial charge in [0, 0.05) is 18.0 Å². The first kappa shape index (κ1) is 36.1. The Morgan fingerprint density at radius 1 is 0.941 bits per heavy atom. The van der Waals surface area contributed by atoms with E-state index < -0.39 is 18.0 Å². The van der Waals surface area contributed by atoms with Gasteiger partial charge in [-0.3, -0.25) is 9.80 Å². The Morgan fingerprint density at radius 3 is 2.25 bits per heavy atom. The molecule has 1 N–H and O–H groups in total. The summed E-state index contributed by atoms with van der Waals surface area (Å²) < 4.78 is 23.4. The first-order valence-electron chi connectivity index (χ1n) is 16.6. The lowest BCUT2D eigenvalue weighted by Gasteiger charge is -2.44. The number of pyridine rings is 1. The highest BCUT2D eigenvalue weighted by Crippen LogP contribution is 2.40. The van der Waals surface area contributed by atoms with E-state index in [9.17, 15) is 19.9 Å². The molecule has 268 valence electrons. The van der Waals surface area contributed by atoms with Gasteiger partial charge in [-0.15, -0.1) is 0 Å². The van der Waals surface area contributed by atoms with Crippen LogP contribution in [0, 0.1) is 11.1 Å². The van der Waals surface area contributed by atoms with E-state index in [4.69, 9.17) is 42.1 Å². The standard InChI is InChI=1S/C38H39Cl2N3O8/c1-48-33-7-5-4-6-32(33)43(38(46)51-36-22-41-14-12-24(36)13-15-41)19-23-8-10-26(37(44)45)28(16-23)27(18-29-30(39)20-42(47)21-31(29)40)25-9-11-34(49-2)35(17-25)50-3/h4-11,16-17,20-21,24,27,36H,12-15,18-19,22H2,1-3H3,(H,44,45)/t27-,36-/m0/s1. The zero-order valence-corrected chi connectivity index (χ0v) is 30.0. The van der Waals surface area contributed by atoms with Gasteiger partial charge in [0.2, 0.25) is 0 Å². The van der Waals surface area contributed by atoms with Gasteiger partial charge >= 0.3 is 12.1 Å². The number of piperidine rings is 3. The zero-order valence-electron chi connectivity index (χ0n) is 28.5. The number of nitrogens with zero attached hydrogens (tertiary/aromatic N) is 3. The van der Waals surface area contributed by atoms with Crippen LogP contribution in [0.25, 0.3) is 0 Å². The Hall–Kier alpha value is -4.71. The van der Waals surface area contributed by atoms with Gasteiger partial charge in [0.05, 0.1) is 39.1 Å². The molecule has 0 unspecified atom stereocenters. The molecule has 11 nitrogen and oxygen atoms in total. The smallest absolute Gasteiger partial charge is 0.415 e. The molecule has 2 bridgehead atoms. The van der Waals surface area contributed by atoms with Gasteiger partial charge in [-0.25, -0.2) is 9.59 Å². The van der Waals surface area contributed by atoms with E-state index in [-0.39, 0.29) is 34.7 Å². The molecule has 13 heteroatoms. The van der Waals surface area contributed by atoms with E-state index >= 15 is 0 Å². The third-order valence-electron chi connectivity index (χ3n) is 9.78. The molecule has 1 amide bonds. The van der Waals surface area contributed by atoms with E-state index in [0.717, 1.165) is 25.9 Å². The average molecular weight is 737 g/mol. The summed E-state index contributed by atoms with van der Waals surface area (Å²) in [6.07, 6.45) is 3.75. The van der Waals surface area contributed by atoms with Crippen molar-refractivity contribution >= 4 is 41.0 Å². The molecule has 1 aromatic heterocycles. The summed E-state index contributed by atoms with van der Waals surface area (Å²) in [5.41, 5.74) is 2.77. The number of para-hydroxylation sites is 2. The minimum absolute atomic E-state index is 0.0410. The number of aromatic nitrogens is 1. The number of carboxylic acids is 1. The fraction of sp³-hybridized carbons (Fsp3) is 0.342. The van der Waals surface area contributed by atoms with Gasteiger partial charge in [0.1, 0.15) is 21.9 Å². The highest BCUT2D eigenvalue weighted by Gasteiger charge is 2.38. The number of carbonyl (C=O) groups is 2. The molecule has 0 saturated carbocycles. The van der Waals surface area contributed by atoms with Gasteiger partial charge in [-0.1, -0.05) is 53.5 Å². The fourth-order valence-electron chi connectivity index (χ4n) is 7.12. The predicted molar refractivity (Wildman–Crippen MR) is 193 cm³/mol. The minimum atomic E-state index is -1.15. The Bertz CT molecular complexity index is 1890. The van der Waals surface area contributed by atoms with E-state index in [0.29, 0.717) is 62.4 Å². The molecule has 4 heterocycles. The number of rotatable bonds is 12. The van der Waals surface area contributed by atoms with Crippen molar-refractivity contribution < 1.29 is 38.4 Å². The largest absolute Gasteiger partial charge is 0.619 e. The van der Waals surface area contributed by atoms with Crippen LogP contribution in [-0.4, -0.2) is 69.1 Å². The van der Waals surface area contributed by atoms with Gasteiger partial charge in [0.15, 0.2) is 23.9 Å². The number of hydrogen-bond donors (Lipinski definition) is 1. The first-order chi connectivity index (χ1) is 24.6. The van der Waals surface area contributed by atoms with Crippen LogP contribution in [0.2, 0.25) is 10.0 Å². The molecule has 0 aliphatic carbocycles. The summed E-state index contributed by atoms with van der Waals surface area (Å²) in [5, 5.41) is 22.8. The van der Waals surface area contributed by atoms with Gasteiger partial charge in [-0.2, -0.15) is 4.73 Å². The Balaban J connectivity index is 1.44. The lowest BCUT2D eigenvalue weighted by atomic mass is 9.82. The molecule has 3 aliphatic heterocycles. The summed E-state index contributed by atoms with van der Waals surface area (Å²) in [6, 6.07) is 17.5. The zero-order chi connectivity index (χ0) is 36.2. The van der Waals surface area contributed by atoms with Crippen LogP contribution in [0.3, 0.4) is 0 Å². The van der Waals surface area contributed by atoms with Crippen LogP contribution in [0.4, 0.5) is 10.5 Å². The average Bonchev–Trinajstić information content (AvgIpc) is 3.13. The van der Waals surface area contributed by atoms with Crippen molar-refractivity contribution in [2.45, 2.75) is 37.8 Å². The number of aromatic carboxylic acids is 1. The Morgan fingerprint density at radius 2 is 1.63 bits per heavy atom. The van der Waals surface area contributed by atoms with Crippen molar-refractivity contribution in [3.8, 4) is 17.2 Å². The van der Waals surface area contributed by atoms with Crippen molar-refractivity contribution in [3.63, 3.8) is 0 Å². The number of amides is 1. The fourth-order valence-corrected chi connectivity index (χ4v) is 7.72. The number of halogens is 2. The number of fused-ring (bicyclic) bond motifs is 3. The summed E-state index contributed by atoms with van der Waals surface area (Å²) in [6.45, 7) is 2.75. The highest BCUT2D eigenvalue weighted by atomic mass is 35.5. The lowest BCUT2D eigenvalue weighted by Crippen LogP contribution is -2.53. The molecule has 2 atom stereocenters. The molecule has 3 aromatic carbocycles.